The topological polar surface area (TPSA) is 499 Å². The molecule has 0 unspecified atom stereocenters. The van der Waals surface area contributed by atoms with E-state index in [-0.39, 0.29) is 78.0 Å². The van der Waals surface area contributed by atoms with Gasteiger partial charge in [0, 0.05) is 43.8 Å². The maximum absolute atomic E-state index is 14.4. The molecule has 2 aromatic carbocycles. The highest BCUT2D eigenvalue weighted by atomic mass is 35.5. The van der Waals surface area contributed by atoms with E-state index in [4.69, 9.17) is 50.2 Å². The average molecular weight is 1220 g/mol. The standard InChI is InChI=1S/C52H82ClN15O12.C2H4O2.CH4/c1-27(2)21-38-48(76)62-34(13-17-54)44(72)61-36(15-19-56)47(75)68-42(28(3)69)51(79)59-20-16-37(46(74)60-35(14-18-55)45(73)65-39(49(77)64-38)22-30-9-6-5-7-10-30)63-50(78)40(26-58)66-52(80)43(29(4)70)67-41(71)24-32(25-57)31-11-8-12-33(53)23-31;1-2(3)4;/h5-12,23,27-29,32,34-40,42-43,69-70H,13-22,24-26,54-58H2,1-4H3,(H,59,79)(H,60,74)(H,61,72)(H,62,76)(H,63,78)(H,64,77)(H,65,73)(H,66,80)(H,67,71)(H,68,75);1H3,(H,3,4);1H4/t28-,29-,32-,34+,35+,36+,37+,38+,39-,40+,42+,43+;;/m1../s1. The Balaban J connectivity index is 0.00000699. The third kappa shape index (κ3) is 27.0. The number of hydrogen-bond donors (Lipinski definition) is 18. The van der Waals surface area contributed by atoms with E-state index in [1.807, 2.05) is 0 Å². The van der Waals surface area contributed by atoms with Crippen LogP contribution in [-0.4, -0.2) is 186 Å². The molecule has 30 heteroatoms. The van der Waals surface area contributed by atoms with Crippen LogP contribution in [0.2, 0.25) is 5.02 Å². The summed E-state index contributed by atoms with van der Waals surface area (Å²) < 4.78 is 0. The molecule has 3 rings (SSSR count). The molecule has 2 aromatic rings. The second kappa shape index (κ2) is 39.3. The molecule has 1 fully saturated rings. The summed E-state index contributed by atoms with van der Waals surface area (Å²) in [6.07, 6.45) is -4.32. The predicted molar refractivity (Wildman–Crippen MR) is 316 cm³/mol. The van der Waals surface area contributed by atoms with E-state index in [0.717, 1.165) is 6.92 Å². The number of carboxylic acids is 1. The smallest absolute Gasteiger partial charge is 0.300 e. The predicted octanol–water partition coefficient (Wildman–Crippen LogP) is -4.56. The second-order valence-electron chi connectivity index (χ2n) is 20.5. The van der Waals surface area contributed by atoms with Crippen LogP contribution in [0.25, 0.3) is 0 Å². The number of amides is 10. The van der Waals surface area contributed by atoms with Crippen LogP contribution in [0, 0.1) is 5.92 Å². The lowest BCUT2D eigenvalue weighted by molar-refractivity contribution is -0.136. The molecule has 1 aliphatic rings. The van der Waals surface area contributed by atoms with Gasteiger partial charge in [-0.25, -0.2) is 0 Å². The zero-order valence-corrected chi connectivity index (χ0v) is 48.7. The first-order valence-corrected chi connectivity index (χ1v) is 27.9. The van der Waals surface area contributed by atoms with Crippen molar-refractivity contribution in [2.45, 2.75) is 159 Å². The van der Waals surface area contributed by atoms with Crippen molar-refractivity contribution in [2.75, 3.05) is 39.3 Å². The van der Waals surface area contributed by atoms with Crippen molar-refractivity contribution in [3.8, 4) is 0 Å². The molecule has 1 heterocycles. The molecule has 0 spiro atoms. The van der Waals surface area contributed by atoms with Gasteiger partial charge >= 0.3 is 0 Å². The van der Waals surface area contributed by atoms with Crippen molar-refractivity contribution in [1.29, 1.82) is 0 Å². The van der Waals surface area contributed by atoms with Gasteiger partial charge in [-0.05, 0) is 101 Å². The number of benzene rings is 2. The number of carboxylic acid groups (broad SMARTS) is 1. The molecule has 0 bridgehead atoms. The average Bonchev–Trinajstić information content (AvgIpc) is 3.56. The highest BCUT2D eigenvalue weighted by molar-refractivity contribution is 6.30. The monoisotopic (exact) mass is 1220 g/mol. The number of nitrogens with two attached hydrogens (primary N) is 5. The van der Waals surface area contributed by atoms with Gasteiger partial charge in [0.1, 0.15) is 54.4 Å². The molecule has 29 nitrogen and oxygen atoms in total. The minimum absolute atomic E-state index is 0. The summed E-state index contributed by atoms with van der Waals surface area (Å²) in [6, 6.07) is 1.70. The van der Waals surface area contributed by atoms with E-state index in [2.05, 4.69) is 53.2 Å². The molecule has 1 saturated heterocycles. The van der Waals surface area contributed by atoms with Gasteiger partial charge in [-0.1, -0.05) is 75.3 Å². The molecule has 10 amide bonds. The van der Waals surface area contributed by atoms with Crippen LogP contribution >= 0.6 is 11.6 Å². The number of carbonyl (C=O) groups excluding carboxylic acids is 10. The summed E-state index contributed by atoms with van der Waals surface area (Å²) in [5, 5.41) is 54.5. The fourth-order valence-electron chi connectivity index (χ4n) is 8.53. The highest BCUT2D eigenvalue weighted by Gasteiger charge is 2.37. The van der Waals surface area contributed by atoms with Crippen molar-refractivity contribution < 1.29 is 68.1 Å². The number of aliphatic hydroxyl groups excluding tert-OH is 2. The number of halogens is 1. The maximum Gasteiger partial charge on any atom is 0.300 e. The summed E-state index contributed by atoms with van der Waals surface area (Å²) in [4.78, 5) is 149. The molecule has 1 aliphatic heterocycles. The molecule has 0 saturated carbocycles. The number of nitrogens with one attached hydrogen (secondary N) is 10. The number of carbonyl (C=O) groups is 11. The molecular formula is C55H90ClN15O14. The first kappa shape index (κ1) is 75.6. The summed E-state index contributed by atoms with van der Waals surface area (Å²) >= 11 is 6.14. The first-order chi connectivity index (χ1) is 39.7. The minimum atomic E-state index is -1.68. The normalized spacial score (nSPS) is 22.1. The van der Waals surface area contributed by atoms with Gasteiger partial charge in [0.2, 0.25) is 59.1 Å². The van der Waals surface area contributed by atoms with Gasteiger partial charge in [-0.2, -0.15) is 0 Å². The zero-order chi connectivity index (χ0) is 63.2. The largest absolute Gasteiger partial charge is 0.481 e. The Hall–Kier alpha value is -7.38. The van der Waals surface area contributed by atoms with Crippen LogP contribution in [0.1, 0.15) is 97.6 Å². The van der Waals surface area contributed by atoms with Crippen molar-refractivity contribution in [3.63, 3.8) is 0 Å². The SMILES string of the molecule is C.CC(=O)O.CC(C)C[C@@H]1NC(=O)[C@@H](Cc2ccccc2)NC(=O)[C@H](CCN)NC(=O)[C@@H](NC(=O)[C@H](CN)NC(=O)[C@@H](NC(=O)C[C@H](CN)c2cccc(Cl)c2)[C@@H](C)O)CCNC(=O)[C@H]([C@@H](C)O)NC(=O)[C@H](CCN)NC(=O)[C@H](CCN)NC1=O. The van der Waals surface area contributed by atoms with Gasteiger partial charge in [0.25, 0.3) is 5.97 Å². The quantitative estimate of drug-likeness (QED) is 0.0528. The number of aliphatic carboxylic acids is 1. The third-order valence-electron chi connectivity index (χ3n) is 12.9. The lowest BCUT2D eigenvalue weighted by Gasteiger charge is -2.28. The van der Waals surface area contributed by atoms with Gasteiger partial charge in [-0.15, -0.1) is 0 Å². The molecule has 85 heavy (non-hydrogen) atoms. The Bertz CT molecular complexity index is 2510. The summed E-state index contributed by atoms with van der Waals surface area (Å²) in [6.45, 7) is 5.62. The Morgan fingerprint density at radius 1 is 0.635 bits per heavy atom. The lowest BCUT2D eigenvalue weighted by atomic mass is 9.95. The molecule has 12 atom stereocenters. The second-order valence-corrected chi connectivity index (χ2v) is 21.0. The van der Waals surface area contributed by atoms with Crippen molar-refractivity contribution in [2.24, 2.45) is 34.6 Å². The molecule has 0 aliphatic carbocycles. The number of hydrogen-bond acceptors (Lipinski definition) is 18. The molecule has 0 aromatic heterocycles. The van der Waals surface area contributed by atoms with E-state index in [9.17, 15) is 58.2 Å². The van der Waals surface area contributed by atoms with E-state index in [1.165, 1.54) is 13.8 Å². The van der Waals surface area contributed by atoms with Crippen LogP contribution in [0.3, 0.4) is 0 Å². The highest BCUT2D eigenvalue weighted by Crippen LogP contribution is 2.22. The van der Waals surface area contributed by atoms with Crippen LogP contribution in [0.15, 0.2) is 54.6 Å². The first-order valence-electron chi connectivity index (χ1n) is 27.6. The van der Waals surface area contributed by atoms with Gasteiger partial charge in [0.15, 0.2) is 0 Å². The Kier molecular flexibility index (Phi) is 34.9. The van der Waals surface area contributed by atoms with E-state index in [0.29, 0.717) is 16.1 Å². The molecule has 23 N–H and O–H groups in total. The van der Waals surface area contributed by atoms with Crippen LogP contribution in [0.4, 0.5) is 0 Å². The van der Waals surface area contributed by atoms with Crippen molar-refractivity contribution >= 4 is 76.6 Å². The fraction of sp³-hybridized carbons (Fsp3) is 0.582. The Morgan fingerprint density at radius 3 is 1.61 bits per heavy atom. The van der Waals surface area contributed by atoms with Gasteiger partial charge in [0.05, 0.1) is 12.2 Å². The summed E-state index contributed by atoms with van der Waals surface area (Å²) in [5.41, 5.74) is 30.8. The number of aliphatic hydroxyl groups is 2. The molecule has 476 valence electrons. The van der Waals surface area contributed by atoms with Crippen molar-refractivity contribution in [3.05, 3.63) is 70.7 Å². The zero-order valence-electron chi connectivity index (χ0n) is 48.0. The lowest BCUT2D eigenvalue weighted by Crippen LogP contribution is -2.62. The maximum atomic E-state index is 14.4. The van der Waals surface area contributed by atoms with E-state index >= 15 is 0 Å². The van der Waals surface area contributed by atoms with Gasteiger partial charge < -0.3 is 97.2 Å². The van der Waals surface area contributed by atoms with Crippen molar-refractivity contribution in [1.82, 2.24) is 53.2 Å². The molecular weight excluding hydrogens is 1130 g/mol. The third-order valence-corrected chi connectivity index (χ3v) is 13.2. The summed E-state index contributed by atoms with van der Waals surface area (Å²) in [5.74, 6) is -10.7. The Morgan fingerprint density at radius 2 is 1.13 bits per heavy atom. The van der Waals surface area contributed by atoms with Crippen LogP contribution in [-0.2, 0) is 59.2 Å². The summed E-state index contributed by atoms with van der Waals surface area (Å²) in [7, 11) is 0. The molecule has 0 radical (unpaired) electrons. The van der Waals surface area contributed by atoms with Crippen LogP contribution in [0.5, 0.6) is 0 Å². The Labute approximate surface area is 500 Å². The van der Waals surface area contributed by atoms with Gasteiger partial charge in [-0.3, -0.25) is 52.7 Å². The van der Waals surface area contributed by atoms with E-state index < -0.39 is 157 Å². The fourth-order valence-corrected chi connectivity index (χ4v) is 8.73. The number of rotatable bonds is 22. The minimum Gasteiger partial charge on any atom is -0.481 e. The van der Waals surface area contributed by atoms with Crippen LogP contribution < -0.4 is 81.8 Å². The van der Waals surface area contributed by atoms with E-state index in [1.54, 1.807) is 68.4 Å².